The van der Waals surface area contributed by atoms with Gasteiger partial charge in [0.25, 0.3) is 7.12 Å². The van der Waals surface area contributed by atoms with E-state index in [0.29, 0.717) is 7.92 Å². The molecule has 1 aliphatic heterocycles. The van der Waals surface area contributed by atoms with Gasteiger partial charge in [-0.3, -0.25) is 0 Å². The zero-order valence-electron chi connectivity index (χ0n) is 21.7. The molecule has 218 valence electrons. The summed E-state index contributed by atoms with van der Waals surface area (Å²) in [6.45, 7) is 8.22. The molecule has 0 unspecified atom stereocenters. The van der Waals surface area contributed by atoms with Gasteiger partial charge < -0.3 is 18.3 Å². The van der Waals surface area contributed by atoms with Crippen LogP contribution < -0.4 is 5.59 Å². The van der Waals surface area contributed by atoms with Crippen molar-refractivity contribution in [2.45, 2.75) is 12.4 Å². The van der Waals surface area contributed by atoms with Gasteiger partial charge in [0.2, 0.25) is 0 Å². The second-order valence-electron chi connectivity index (χ2n) is 7.35. The third-order valence-electron chi connectivity index (χ3n) is 3.65. The van der Waals surface area contributed by atoms with Gasteiger partial charge in [0.1, 0.15) is 5.59 Å². The van der Waals surface area contributed by atoms with Crippen LogP contribution >= 0.6 is 7.92 Å². The number of allylic oxidation sites excluding steroid dienone is 1. The van der Waals surface area contributed by atoms with Gasteiger partial charge in [-0.1, -0.05) is 0 Å². The van der Waals surface area contributed by atoms with Crippen molar-refractivity contribution in [2.24, 2.45) is 0 Å². The predicted octanol–water partition coefficient (Wildman–Crippen LogP) is 1.72. The van der Waals surface area contributed by atoms with Crippen LogP contribution in [0.3, 0.4) is 0 Å². The van der Waals surface area contributed by atoms with Crippen LogP contribution in [0.2, 0.25) is 0 Å². The number of amides is 1. The SMILES string of the molecule is CC(=O)[N+]1=C[CH][CH]C=C1.CP(C)C.O=S(=O)([O-])C(F)(F)F.[N]=O.[W].c1cnn([B-](n2cccn2)n2cccn2)c1. The van der Waals surface area contributed by atoms with E-state index in [1.54, 1.807) is 44.8 Å². The fourth-order valence-corrected chi connectivity index (χ4v) is 2.22. The second-order valence-corrected chi connectivity index (χ2v) is 11.4. The number of hydrogen-bond acceptors (Lipinski definition) is 8. The molecule has 4 heterocycles. The van der Waals surface area contributed by atoms with Gasteiger partial charge in [-0.05, 0) is 62.9 Å². The van der Waals surface area contributed by atoms with Crippen LogP contribution in [0.1, 0.15) is 6.92 Å². The zero-order chi connectivity index (χ0) is 30.1. The average Bonchev–Trinajstić information content (AvgIpc) is 3.66. The van der Waals surface area contributed by atoms with Crippen LogP contribution in [0.4, 0.5) is 13.2 Å². The zero-order valence-corrected chi connectivity index (χ0v) is 26.3. The van der Waals surface area contributed by atoms with E-state index in [1.807, 2.05) is 55.7 Å². The Kier molecular flexibility index (Phi) is 19.8. The van der Waals surface area contributed by atoms with Gasteiger partial charge in [0, 0.05) is 46.1 Å². The largest absolute Gasteiger partial charge is 0.741 e. The van der Waals surface area contributed by atoms with Crippen molar-refractivity contribution in [2.75, 3.05) is 20.0 Å². The summed E-state index contributed by atoms with van der Waals surface area (Å²) in [6, 6.07) is 5.62. The van der Waals surface area contributed by atoms with E-state index < -0.39 is 15.6 Å². The Bertz CT molecular complexity index is 1160. The molecule has 4 radical (unpaired) electrons. The molecule has 20 heteroatoms. The Morgan fingerprint density at radius 2 is 1.27 bits per heavy atom. The maximum atomic E-state index is 10.7. The number of hydrogen-bond donors (Lipinski definition) is 0. The molecular formula is C20H26BF3N8O5PSW-. The molecule has 0 N–H and O–H groups in total. The van der Waals surface area contributed by atoms with E-state index in [2.05, 4.69) is 35.3 Å². The summed E-state index contributed by atoms with van der Waals surface area (Å²) in [5.74, 6) is 0.0376. The first-order valence-electron chi connectivity index (χ1n) is 10.5. The molecular weight excluding hydrogens is 747 g/mol. The Morgan fingerprint density at radius 1 is 0.925 bits per heavy atom. The first-order chi connectivity index (χ1) is 18.2. The van der Waals surface area contributed by atoms with Crippen molar-refractivity contribution < 1.29 is 56.6 Å². The van der Waals surface area contributed by atoms with Crippen LogP contribution in [0.25, 0.3) is 0 Å². The molecule has 0 bridgehead atoms. The number of aromatic nitrogens is 6. The number of nitroso groups, excluding NO2 is 1. The maximum absolute atomic E-state index is 10.7. The number of nitrogens with zero attached hydrogens (tertiary/aromatic N) is 8. The number of carbonyl (C=O) groups is 1. The summed E-state index contributed by atoms with van der Waals surface area (Å²) in [6.07, 6.45) is 19.8. The molecule has 40 heavy (non-hydrogen) atoms. The first-order valence-corrected chi connectivity index (χ1v) is 14.6. The summed E-state index contributed by atoms with van der Waals surface area (Å²) in [4.78, 5) is 17.9. The number of rotatable bonds is 3. The van der Waals surface area contributed by atoms with Crippen LogP contribution in [-0.4, -0.2) is 91.4 Å². The molecule has 3 aromatic heterocycles. The minimum absolute atomic E-state index is 0. The number of carbonyl (C=O) groups excluding carboxylic acids is 1. The Balaban J connectivity index is 0. The Labute approximate surface area is 245 Å². The van der Waals surface area contributed by atoms with Crippen molar-refractivity contribution in [3.8, 4) is 0 Å². The van der Waals surface area contributed by atoms with E-state index >= 15 is 0 Å². The molecule has 0 fully saturated rings. The van der Waals surface area contributed by atoms with Gasteiger partial charge in [-0.25, -0.2) is 28.5 Å². The topological polar surface area (TPSA) is 170 Å². The van der Waals surface area contributed by atoms with Crippen LogP contribution in [0.5, 0.6) is 0 Å². The molecule has 4 rings (SSSR count). The molecule has 0 saturated heterocycles. The number of halogens is 3. The summed E-state index contributed by atoms with van der Waals surface area (Å²) < 4.78 is 65.8. The smallest absolute Gasteiger partial charge is 0.485 e. The minimum atomic E-state index is -6.09. The molecule has 0 spiro atoms. The summed E-state index contributed by atoms with van der Waals surface area (Å²) in [5.41, 5.74) is 0.104. The normalized spacial score (nSPS) is 12.1. The molecule has 1 aliphatic rings. The number of alkyl halides is 3. The van der Waals surface area contributed by atoms with Crippen LogP contribution in [0.15, 0.2) is 67.7 Å². The van der Waals surface area contributed by atoms with Gasteiger partial charge in [-0.2, -0.15) is 13.2 Å². The Morgan fingerprint density at radius 3 is 1.45 bits per heavy atom. The van der Waals surface area contributed by atoms with Crippen LogP contribution in [0, 0.1) is 17.7 Å². The summed E-state index contributed by atoms with van der Waals surface area (Å²) in [7, 11) is -5.91. The average molecular weight is 773 g/mol. The standard InChI is InChI=1S/C9H9BN6.C7H8NO.C3H9P.CHF3O3S.NO.W/c1-4-11-14(7-1)10(15-8-2-5-12-15)16-9-3-6-13-16;1-7(9)8-5-3-2-4-6-8;1-4(2)3;2-1(3,4)8(5,6)7;1-2;/h1-9H;2-6H,1H3;1-3H3;(H,5,6,7);;/q-1;+1;;;;/p-1. The van der Waals surface area contributed by atoms with Crippen molar-refractivity contribution in [3.63, 3.8) is 0 Å². The molecule has 0 atom stereocenters. The van der Waals surface area contributed by atoms with Crippen LogP contribution in [-0.2, 0) is 36.0 Å². The minimum Gasteiger partial charge on any atom is -0.741 e. The third kappa shape index (κ3) is 15.7. The third-order valence-corrected chi connectivity index (χ3v) is 4.21. The van der Waals surface area contributed by atoms with E-state index in [4.69, 9.17) is 23.5 Å². The molecule has 3 aromatic rings. The summed E-state index contributed by atoms with van der Waals surface area (Å²) in [5, 5.41) is 12.7. The van der Waals surface area contributed by atoms with Crippen molar-refractivity contribution >= 4 is 37.3 Å². The quantitative estimate of drug-likeness (QED) is 0.127. The summed E-state index contributed by atoms with van der Waals surface area (Å²) >= 11 is 0. The molecule has 0 saturated carbocycles. The van der Waals surface area contributed by atoms with Gasteiger partial charge in [0.15, 0.2) is 22.5 Å². The van der Waals surface area contributed by atoms with Crippen molar-refractivity contribution in [1.29, 1.82) is 0 Å². The monoisotopic (exact) mass is 773 g/mol. The fraction of sp³-hybridized carbons (Fsp3) is 0.250. The van der Waals surface area contributed by atoms with Gasteiger partial charge in [0.05, 0.1) is 13.3 Å². The van der Waals surface area contributed by atoms with E-state index in [0.717, 1.165) is 0 Å². The molecule has 13 nitrogen and oxygen atoms in total. The Hall–Kier alpha value is -2.81. The van der Waals surface area contributed by atoms with Gasteiger partial charge in [-0.15, -0.1) is 17.4 Å². The van der Waals surface area contributed by atoms with E-state index in [9.17, 15) is 18.0 Å². The van der Waals surface area contributed by atoms with Crippen molar-refractivity contribution in [1.82, 2.24) is 34.7 Å². The fourth-order valence-electron chi connectivity index (χ4n) is 2.22. The predicted molar refractivity (Wildman–Crippen MR) is 139 cm³/mol. The van der Waals surface area contributed by atoms with E-state index in [-0.39, 0.29) is 34.1 Å². The molecule has 0 aliphatic carbocycles. The molecule has 0 aromatic carbocycles. The first kappa shape index (κ1) is 39.3. The van der Waals surface area contributed by atoms with Gasteiger partial charge >= 0.3 is 11.4 Å². The van der Waals surface area contributed by atoms with E-state index in [1.165, 1.54) is 11.5 Å². The molecule has 1 amide bonds. The maximum Gasteiger partial charge on any atom is 0.485 e. The van der Waals surface area contributed by atoms with Crippen molar-refractivity contribution in [3.05, 3.63) is 85.4 Å². The second kappa shape index (κ2) is 20.1.